The zero-order valence-electron chi connectivity index (χ0n) is 16.4. The number of fused-ring (bicyclic) bond motifs is 1. The number of hydrogen-bond acceptors (Lipinski definition) is 3. The topological polar surface area (TPSA) is 52.7 Å². The zero-order valence-corrected chi connectivity index (χ0v) is 17.2. The quantitative estimate of drug-likeness (QED) is 0.796. The number of benzene rings is 2. The number of amides is 2. The first-order chi connectivity index (χ1) is 13.8. The van der Waals surface area contributed by atoms with Gasteiger partial charge in [0.2, 0.25) is 11.8 Å². The van der Waals surface area contributed by atoms with Crippen LogP contribution in [0.3, 0.4) is 0 Å². The van der Waals surface area contributed by atoms with Crippen molar-refractivity contribution in [1.82, 2.24) is 4.90 Å². The van der Waals surface area contributed by atoms with E-state index in [2.05, 4.69) is 5.32 Å². The number of halogens is 2. The second kappa shape index (κ2) is 7.43. The Morgan fingerprint density at radius 1 is 1.24 bits per heavy atom. The first-order valence-corrected chi connectivity index (χ1v) is 10.1. The number of nitrogens with zero attached hydrogens (tertiary/aromatic N) is 2. The van der Waals surface area contributed by atoms with E-state index in [1.54, 1.807) is 36.9 Å². The van der Waals surface area contributed by atoms with E-state index in [-0.39, 0.29) is 36.8 Å². The highest BCUT2D eigenvalue weighted by Gasteiger charge is 2.44. The van der Waals surface area contributed by atoms with Gasteiger partial charge in [0.1, 0.15) is 11.4 Å². The van der Waals surface area contributed by atoms with Crippen LogP contribution in [0.2, 0.25) is 5.02 Å². The average molecular weight is 416 g/mol. The molecule has 7 heteroatoms. The van der Waals surface area contributed by atoms with Gasteiger partial charge in [0.25, 0.3) is 0 Å². The third-order valence-electron chi connectivity index (χ3n) is 5.58. The summed E-state index contributed by atoms with van der Waals surface area (Å²) in [6.45, 7) is 3.79. The fourth-order valence-electron chi connectivity index (χ4n) is 3.78. The number of anilines is 2. The zero-order chi connectivity index (χ0) is 20.8. The van der Waals surface area contributed by atoms with Crippen molar-refractivity contribution in [1.29, 1.82) is 0 Å². The molecule has 0 saturated heterocycles. The van der Waals surface area contributed by atoms with Crippen LogP contribution in [0.25, 0.3) is 0 Å². The summed E-state index contributed by atoms with van der Waals surface area (Å²) in [5.41, 5.74) is 0.642. The maximum Gasteiger partial charge on any atom is 0.250 e. The van der Waals surface area contributed by atoms with Crippen molar-refractivity contribution in [2.24, 2.45) is 0 Å². The molecule has 0 bridgehead atoms. The molecule has 1 saturated carbocycles. The Kier molecular flexibility index (Phi) is 5.09. The minimum atomic E-state index is -1.03. The summed E-state index contributed by atoms with van der Waals surface area (Å²) in [5, 5.41) is 3.22. The lowest BCUT2D eigenvalue weighted by molar-refractivity contribution is -0.127. The van der Waals surface area contributed by atoms with Gasteiger partial charge in [-0.2, -0.15) is 0 Å². The van der Waals surface area contributed by atoms with Gasteiger partial charge < -0.3 is 5.32 Å². The lowest BCUT2D eigenvalue weighted by atomic mass is 9.96. The van der Waals surface area contributed by atoms with Crippen LogP contribution >= 0.6 is 11.6 Å². The molecule has 1 aliphatic heterocycles. The maximum atomic E-state index is 14.3. The molecule has 2 aromatic rings. The molecule has 0 unspecified atom stereocenters. The molecule has 2 aliphatic rings. The van der Waals surface area contributed by atoms with E-state index in [1.165, 1.54) is 6.07 Å². The molecule has 4 rings (SSSR count). The summed E-state index contributed by atoms with van der Waals surface area (Å²) < 4.78 is 14.3. The minimum absolute atomic E-state index is 0.0837. The smallest absolute Gasteiger partial charge is 0.250 e. The van der Waals surface area contributed by atoms with Crippen LogP contribution in [0.15, 0.2) is 42.5 Å². The molecule has 1 N–H and O–H groups in total. The number of carbonyl (C=O) groups excluding carboxylic acids is 2. The first-order valence-electron chi connectivity index (χ1n) is 9.69. The van der Waals surface area contributed by atoms with Crippen LogP contribution in [0.1, 0.15) is 32.3 Å². The largest absolute Gasteiger partial charge is 0.322 e. The molecule has 5 nitrogen and oxygen atoms in total. The fourth-order valence-corrected chi connectivity index (χ4v) is 4.01. The SMILES string of the molecule is CC1(C)C(=O)Nc2ccccc2N1C(=O)CN(Cc1c(F)cccc1Cl)C1CC1. The normalized spacial score (nSPS) is 17.8. The van der Waals surface area contributed by atoms with Crippen molar-refractivity contribution in [2.75, 3.05) is 16.8 Å². The Hall–Kier alpha value is -2.44. The van der Waals surface area contributed by atoms with E-state index in [9.17, 15) is 14.0 Å². The third-order valence-corrected chi connectivity index (χ3v) is 5.94. The monoisotopic (exact) mass is 415 g/mol. The third kappa shape index (κ3) is 3.74. The standard InChI is InChI=1S/C22H23ClFN3O2/c1-22(2)21(29)25-18-8-3-4-9-19(18)27(22)20(28)13-26(14-10-11-14)12-15-16(23)6-5-7-17(15)24/h3-9,14H,10-13H2,1-2H3,(H,25,29). The van der Waals surface area contributed by atoms with Gasteiger partial charge in [0, 0.05) is 23.2 Å². The summed E-state index contributed by atoms with van der Waals surface area (Å²) in [7, 11) is 0. The van der Waals surface area contributed by atoms with Gasteiger partial charge in [-0.15, -0.1) is 0 Å². The first kappa shape index (κ1) is 19.9. The molecule has 1 heterocycles. The van der Waals surface area contributed by atoms with E-state index >= 15 is 0 Å². The van der Waals surface area contributed by atoms with Crippen LogP contribution in [0, 0.1) is 5.82 Å². The molecule has 2 aromatic carbocycles. The molecule has 0 radical (unpaired) electrons. The Labute approximate surface area is 174 Å². The summed E-state index contributed by atoms with van der Waals surface area (Å²) in [6.07, 6.45) is 1.92. The van der Waals surface area contributed by atoms with Crippen LogP contribution in [-0.2, 0) is 16.1 Å². The van der Waals surface area contributed by atoms with Gasteiger partial charge in [-0.3, -0.25) is 19.4 Å². The molecule has 0 atom stereocenters. The van der Waals surface area contributed by atoms with Crippen LogP contribution in [-0.4, -0.2) is 34.8 Å². The summed E-state index contributed by atoms with van der Waals surface area (Å²) in [5.74, 6) is -0.810. The highest BCUT2D eigenvalue weighted by atomic mass is 35.5. The second-order valence-corrected chi connectivity index (χ2v) is 8.50. The molecule has 1 aliphatic carbocycles. The molecule has 0 spiro atoms. The van der Waals surface area contributed by atoms with Crippen LogP contribution in [0.4, 0.5) is 15.8 Å². The van der Waals surface area contributed by atoms with Gasteiger partial charge in [-0.05, 0) is 51.0 Å². The maximum absolute atomic E-state index is 14.3. The predicted octanol–water partition coefficient (Wildman–Crippen LogP) is 4.21. The lowest BCUT2D eigenvalue weighted by Crippen LogP contribution is -2.60. The van der Waals surface area contributed by atoms with Crippen molar-refractivity contribution in [2.45, 2.75) is 44.8 Å². The van der Waals surface area contributed by atoms with E-state index in [4.69, 9.17) is 11.6 Å². The summed E-state index contributed by atoms with van der Waals surface area (Å²) in [4.78, 5) is 29.5. The molecule has 1 fully saturated rings. The number of rotatable bonds is 5. The highest BCUT2D eigenvalue weighted by molar-refractivity contribution is 6.31. The molecular weight excluding hydrogens is 393 g/mol. The van der Waals surface area contributed by atoms with Crippen molar-refractivity contribution >= 4 is 34.8 Å². The Morgan fingerprint density at radius 3 is 2.66 bits per heavy atom. The Bertz CT molecular complexity index is 954. The van der Waals surface area contributed by atoms with Gasteiger partial charge in [0.05, 0.1) is 17.9 Å². The number of nitrogens with one attached hydrogen (secondary N) is 1. The van der Waals surface area contributed by atoms with E-state index in [1.807, 2.05) is 23.1 Å². The van der Waals surface area contributed by atoms with Crippen molar-refractivity contribution < 1.29 is 14.0 Å². The van der Waals surface area contributed by atoms with Gasteiger partial charge >= 0.3 is 0 Å². The molecule has 29 heavy (non-hydrogen) atoms. The molecular formula is C22H23ClFN3O2. The number of hydrogen-bond donors (Lipinski definition) is 1. The van der Waals surface area contributed by atoms with Gasteiger partial charge in [-0.1, -0.05) is 29.8 Å². The Morgan fingerprint density at radius 2 is 1.97 bits per heavy atom. The van der Waals surface area contributed by atoms with Gasteiger partial charge in [-0.25, -0.2) is 4.39 Å². The predicted molar refractivity (Wildman–Crippen MR) is 111 cm³/mol. The molecule has 0 aromatic heterocycles. The van der Waals surface area contributed by atoms with E-state index in [0.29, 0.717) is 22.0 Å². The molecule has 152 valence electrons. The molecule has 2 amide bonds. The van der Waals surface area contributed by atoms with E-state index in [0.717, 1.165) is 12.8 Å². The average Bonchev–Trinajstić information content (AvgIpc) is 3.49. The van der Waals surface area contributed by atoms with Crippen molar-refractivity contribution in [3.05, 3.63) is 58.9 Å². The van der Waals surface area contributed by atoms with Crippen LogP contribution < -0.4 is 10.2 Å². The summed E-state index contributed by atoms with van der Waals surface area (Å²) in [6, 6.07) is 12.1. The van der Waals surface area contributed by atoms with E-state index < -0.39 is 5.54 Å². The number of carbonyl (C=O) groups is 2. The van der Waals surface area contributed by atoms with Gasteiger partial charge in [0.15, 0.2) is 0 Å². The lowest BCUT2D eigenvalue weighted by Gasteiger charge is -2.42. The Balaban J connectivity index is 1.62. The minimum Gasteiger partial charge on any atom is -0.322 e. The fraction of sp³-hybridized carbons (Fsp3) is 0.364. The van der Waals surface area contributed by atoms with Crippen LogP contribution in [0.5, 0.6) is 0 Å². The van der Waals surface area contributed by atoms with Crippen molar-refractivity contribution in [3.8, 4) is 0 Å². The highest BCUT2D eigenvalue weighted by Crippen LogP contribution is 2.37. The summed E-state index contributed by atoms with van der Waals surface area (Å²) >= 11 is 6.20. The number of para-hydroxylation sites is 2. The van der Waals surface area contributed by atoms with Crippen molar-refractivity contribution in [3.63, 3.8) is 0 Å². The second-order valence-electron chi connectivity index (χ2n) is 8.10.